The van der Waals surface area contributed by atoms with Gasteiger partial charge in [-0.15, -0.1) is 0 Å². The number of carboxylic acid groups (broad SMARTS) is 1. The number of carbonyl (C=O) groups is 3. The number of allylic oxidation sites excluding steroid dienone is 1. The number of amides is 1. The average molecular weight is 339 g/mol. The Labute approximate surface area is 143 Å². The van der Waals surface area contributed by atoms with Gasteiger partial charge in [-0.05, 0) is 31.1 Å². The molecule has 0 aromatic heterocycles. The molecule has 0 aromatic carbocycles. The van der Waals surface area contributed by atoms with Crippen LogP contribution < -0.4 is 5.32 Å². The number of ketones is 1. The molecule has 0 aromatic rings. The van der Waals surface area contributed by atoms with Crippen molar-refractivity contribution in [1.29, 1.82) is 0 Å². The predicted molar refractivity (Wildman–Crippen MR) is 90.3 cm³/mol. The number of aliphatic carboxylic acids is 1. The third-order valence-electron chi connectivity index (χ3n) is 4.84. The van der Waals surface area contributed by atoms with Crippen molar-refractivity contribution in [1.82, 2.24) is 5.32 Å². The molecule has 3 N–H and O–H groups in total. The van der Waals surface area contributed by atoms with Gasteiger partial charge in [0.1, 0.15) is 11.8 Å². The van der Waals surface area contributed by atoms with Crippen LogP contribution in [0, 0.1) is 17.8 Å². The smallest absolute Gasteiger partial charge is 0.326 e. The molecule has 0 saturated heterocycles. The molecule has 1 amide bonds. The number of carbonyl (C=O) groups excluding carboxylic acids is 2. The molecule has 0 radical (unpaired) electrons. The maximum Gasteiger partial charge on any atom is 0.326 e. The van der Waals surface area contributed by atoms with E-state index in [9.17, 15) is 19.5 Å². The Hall–Kier alpha value is -1.69. The van der Waals surface area contributed by atoms with Gasteiger partial charge in [-0.2, -0.15) is 0 Å². The van der Waals surface area contributed by atoms with Crippen molar-refractivity contribution in [3.63, 3.8) is 0 Å². The van der Waals surface area contributed by atoms with Crippen LogP contribution in [0.15, 0.2) is 12.2 Å². The van der Waals surface area contributed by atoms with Crippen molar-refractivity contribution in [3.8, 4) is 0 Å². The molecule has 0 spiro atoms. The minimum atomic E-state index is -1.02. The normalized spacial score (nSPS) is 23.4. The quantitative estimate of drug-likeness (QED) is 0.528. The minimum absolute atomic E-state index is 0.0392. The van der Waals surface area contributed by atoms with Crippen molar-refractivity contribution in [3.05, 3.63) is 12.2 Å². The molecule has 1 aliphatic rings. The summed E-state index contributed by atoms with van der Waals surface area (Å²) >= 11 is 0. The highest BCUT2D eigenvalue weighted by molar-refractivity contribution is 5.87. The lowest BCUT2D eigenvalue weighted by Gasteiger charge is -2.22. The number of hydrogen-bond donors (Lipinski definition) is 3. The predicted octanol–water partition coefficient (Wildman–Crippen LogP) is 1.92. The first kappa shape index (κ1) is 20.4. The highest BCUT2D eigenvalue weighted by Gasteiger charge is 2.35. The summed E-state index contributed by atoms with van der Waals surface area (Å²) in [5.74, 6) is -1.53. The molecule has 4 atom stereocenters. The van der Waals surface area contributed by atoms with E-state index in [0.717, 1.165) is 0 Å². The maximum absolute atomic E-state index is 12.2. The second-order valence-corrected chi connectivity index (χ2v) is 6.56. The molecule has 24 heavy (non-hydrogen) atoms. The lowest BCUT2D eigenvalue weighted by atomic mass is 9.89. The van der Waals surface area contributed by atoms with Gasteiger partial charge < -0.3 is 15.5 Å². The molecule has 1 aliphatic carbocycles. The van der Waals surface area contributed by atoms with Gasteiger partial charge in [-0.25, -0.2) is 4.79 Å². The van der Waals surface area contributed by atoms with Crippen LogP contribution in [0.3, 0.4) is 0 Å². The first-order chi connectivity index (χ1) is 11.4. The van der Waals surface area contributed by atoms with Gasteiger partial charge >= 0.3 is 5.97 Å². The Morgan fingerprint density at radius 3 is 2.67 bits per heavy atom. The lowest BCUT2D eigenvalue weighted by Crippen LogP contribution is -2.45. The van der Waals surface area contributed by atoms with Gasteiger partial charge in [-0.3, -0.25) is 9.59 Å². The number of rotatable bonds is 10. The van der Waals surface area contributed by atoms with Gasteiger partial charge in [0.25, 0.3) is 0 Å². The lowest BCUT2D eigenvalue weighted by molar-refractivity contribution is -0.143. The van der Waals surface area contributed by atoms with Crippen molar-refractivity contribution in [2.24, 2.45) is 17.8 Å². The first-order valence-corrected chi connectivity index (χ1v) is 8.71. The van der Waals surface area contributed by atoms with E-state index in [1.807, 2.05) is 19.1 Å². The van der Waals surface area contributed by atoms with Gasteiger partial charge in [0.2, 0.25) is 5.91 Å². The molecule has 0 heterocycles. The number of carboxylic acids is 1. The molecule has 1 saturated carbocycles. The number of aliphatic hydroxyl groups excluding tert-OH is 1. The summed E-state index contributed by atoms with van der Waals surface area (Å²) in [5, 5.41) is 20.6. The van der Waals surface area contributed by atoms with E-state index < -0.39 is 12.0 Å². The van der Waals surface area contributed by atoms with Crippen molar-refractivity contribution in [2.45, 2.75) is 58.4 Å². The second kappa shape index (κ2) is 10.2. The van der Waals surface area contributed by atoms with E-state index in [1.54, 1.807) is 6.92 Å². The molecule has 0 bridgehead atoms. The van der Waals surface area contributed by atoms with Crippen LogP contribution in [0.4, 0.5) is 0 Å². The number of nitrogens with one attached hydrogen (secondary N) is 1. The monoisotopic (exact) mass is 339 g/mol. The van der Waals surface area contributed by atoms with Gasteiger partial charge in [0, 0.05) is 25.4 Å². The summed E-state index contributed by atoms with van der Waals surface area (Å²) in [4.78, 5) is 35.5. The van der Waals surface area contributed by atoms with Crippen LogP contribution in [0.5, 0.6) is 0 Å². The van der Waals surface area contributed by atoms with Gasteiger partial charge in [0.05, 0.1) is 0 Å². The zero-order valence-electron chi connectivity index (χ0n) is 14.5. The third kappa shape index (κ3) is 6.07. The van der Waals surface area contributed by atoms with E-state index in [2.05, 4.69) is 5.32 Å². The molecule has 6 nitrogen and oxygen atoms in total. The van der Waals surface area contributed by atoms with Crippen LogP contribution in [-0.2, 0) is 14.4 Å². The maximum atomic E-state index is 12.2. The Balaban J connectivity index is 2.60. The average Bonchev–Trinajstić information content (AvgIpc) is 2.88. The summed E-state index contributed by atoms with van der Waals surface area (Å²) in [7, 11) is 0. The minimum Gasteiger partial charge on any atom is -0.480 e. The number of Topliss-reactive ketones (excluding diaryl/α,β-unsaturated/α-hetero) is 1. The summed E-state index contributed by atoms with van der Waals surface area (Å²) in [6, 6.07) is -0.887. The zero-order chi connectivity index (χ0) is 18.1. The molecule has 136 valence electrons. The standard InChI is InChI=1S/C18H29NO5/c1-3-12(2)17(18(23)24)19-16(22)11-13-8-9-15(21)14(13)7-5-4-6-10-20/h4-5,12-14,17,20H,3,6-11H2,1-2H3,(H,19,22)(H,23,24)/b5-4-/t12-,13+,14?,17-/m0/s1. The van der Waals surface area contributed by atoms with Gasteiger partial charge in [0.15, 0.2) is 0 Å². The third-order valence-corrected chi connectivity index (χ3v) is 4.84. The Kier molecular flexibility index (Phi) is 8.68. The first-order valence-electron chi connectivity index (χ1n) is 8.71. The molecule has 1 unspecified atom stereocenters. The van der Waals surface area contributed by atoms with Crippen LogP contribution in [0.1, 0.15) is 52.4 Å². The van der Waals surface area contributed by atoms with Crippen molar-refractivity contribution >= 4 is 17.7 Å². The summed E-state index contributed by atoms with van der Waals surface area (Å²) in [6.07, 6.45) is 6.85. The summed E-state index contributed by atoms with van der Waals surface area (Å²) in [5.41, 5.74) is 0. The second-order valence-electron chi connectivity index (χ2n) is 6.56. The van der Waals surface area contributed by atoms with E-state index in [4.69, 9.17) is 5.11 Å². The number of hydrogen-bond acceptors (Lipinski definition) is 4. The van der Waals surface area contributed by atoms with Crippen molar-refractivity contribution < 1.29 is 24.6 Å². The van der Waals surface area contributed by atoms with Crippen LogP contribution >= 0.6 is 0 Å². The molecule has 1 fully saturated rings. The Morgan fingerprint density at radius 2 is 2.08 bits per heavy atom. The highest BCUT2D eigenvalue weighted by atomic mass is 16.4. The fraction of sp³-hybridized carbons (Fsp3) is 0.722. The van der Waals surface area contributed by atoms with Crippen LogP contribution in [0.2, 0.25) is 0 Å². The van der Waals surface area contributed by atoms with Gasteiger partial charge in [-0.1, -0.05) is 32.4 Å². The fourth-order valence-electron chi connectivity index (χ4n) is 3.13. The molecule has 1 rings (SSSR count). The molecular formula is C18H29NO5. The fourth-order valence-corrected chi connectivity index (χ4v) is 3.13. The SMILES string of the molecule is CC[C@H](C)[C@H](NC(=O)C[C@H]1CCC(=O)C1C/C=C\CCO)C(=O)O. The Bertz CT molecular complexity index is 474. The van der Waals surface area contributed by atoms with E-state index >= 15 is 0 Å². The molecule has 0 aliphatic heterocycles. The van der Waals surface area contributed by atoms with Crippen LogP contribution in [0.25, 0.3) is 0 Å². The van der Waals surface area contributed by atoms with Crippen LogP contribution in [-0.4, -0.2) is 40.5 Å². The highest BCUT2D eigenvalue weighted by Crippen LogP contribution is 2.34. The molecular weight excluding hydrogens is 310 g/mol. The largest absolute Gasteiger partial charge is 0.480 e. The van der Waals surface area contributed by atoms with E-state index in [1.165, 1.54) is 0 Å². The molecule has 6 heteroatoms. The summed E-state index contributed by atoms with van der Waals surface area (Å²) < 4.78 is 0. The topological polar surface area (TPSA) is 104 Å². The zero-order valence-corrected chi connectivity index (χ0v) is 14.5. The van der Waals surface area contributed by atoms with E-state index in [-0.39, 0.29) is 42.5 Å². The van der Waals surface area contributed by atoms with Crippen molar-refractivity contribution in [2.75, 3.05) is 6.61 Å². The van der Waals surface area contributed by atoms with E-state index in [0.29, 0.717) is 32.1 Å². The number of aliphatic hydroxyl groups is 1. The summed E-state index contributed by atoms with van der Waals surface area (Å²) in [6.45, 7) is 3.76. The Morgan fingerprint density at radius 1 is 1.38 bits per heavy atom.